The first-order chi connectivity index (χ1) is 7.54. The van der Waals surface area contributed by atoms with E-state index in [-0.39, 0.29) is 37.2 Å². The Morgan fingerprint density at radius 2 is 1.62 bits per heavy atom. The van der Waals surface area contributed by atoms with E-state index in [2.05, 4.69) is 15.2 Å². The number of allylic oxidation sites excluding steroid dienone is 1. The molecule has 0 fully saturated rings. The van der Waals surface area contributed by atoms with E-state index >= 15 is 0 Å². The molecule has 0 aliphatic rings. The lowest BCUT2D eigenvalue weighted by atomic mass is 10.2. The summed E-state index contributed by atoms with van der Waals surface area (Å²) in [6.07, 6.45) is 0.309. The van der Waals surface area contributed by atoms with Gasteiger partial charge in [0.1, 0.15) is 0 Å². The molecule has 0 amide bonds. The van der Waals surface area contributed by atoms with Gasteiger partial charge in [0.15, 0.2) is 0 Å². The van der Waals surface area contributed by atoms with Crippen LogP contribution >= 0.6 is 23.7 Å². The number of phosphoric acid groups is 1. The maximum absolute atomic E-state index is 11.3. The molecule has 3 unspecified atom stereocenters. The van der Waals surface area contributed by atoms with Crippen molar-refractivity contribution in [2.45, 2.75) is 19.8 Å². The molecule has 0 saturated carbocycles. The molecule has 0 saturated heterocycles. The highest BCUT2D eigenvalue weighted by atomic mass is 31.3. The molecule has 132 valence electrons. The molecule has 0 rings (SSSR count). The summed E-state index contributed by atoms with van der Waals surface area (Å²) in [6, 6.07) is 0. The SMILES string of the molecule is C=C(C)CCCP(=O)(O)OP(=O)(O)O[P+](=O)O.N.N.N.N. The molecule has 21 heavy (non-hydrogen) atoms. The van der Waals surface area contributed by atoms with Crippen LogP contribution in [0.25, 0.3) is 0 Å². The van der Waals surface area contributed by atoms with Crippen molar-refractivity contribution in [2.24, 2.45) is 0 Å². The summed E-state index contributed by atoms with van der Waals surface area (Å²) in [4.78, 5) is 26.3. The molecule has 3 atom stereocenters. The fourth-order valence-electron chi connectivity index (χ4n) is 0.886. The van der Waals surface area contributed by atoms with E-state index in [4.69, 9.17) is 9.79 Å². The van der Waals surface area contributed by atoms with E-state index in [1.54, 1.807) is 6.92 Å². The molecule has 0 spiro atoms. The average molecular weight is 375 g/mol. The lowest BCUT2D eigenvalue weighted by molar-refractivity contribution is 0.262. The van der Waals surface area contributed by atoms with Gasteiger partial charge in [-0.1, -0.05) is 5.57 Å². The fourth-order valence-corrected chi connectivity index (χ4v) is 4.15. The number of hydrogen-bond acceptors (Lipinski definition) is 9. The van der Waals surface area contributed by atoms with E-state index in [1.807, 2.05) is 0 Å². The van der Waals surface area contributed by atoms with Gasteiger partial charge in [0.25, 0.3) is 0 Å². The Bertz CT molecular complexity index is 405. The summed E-state index contributed by atoms with van der Waals surface area (Å²) in [5.74, 6) is 0. The van der Waals surface area contributed by atoms with Gasteiger partial charge in [-0.3, -0.25) is 9.46 Å². The normalized spacial score (nSPS) is 15.5. The quantitative estimate of drug-likeness (QED) is 0.238. The molecule has 15 N–H and O–H groups in total. The van der Waals surface area contributed by atoms with Crippen molar-refractivity contribution in [2.75, 3.05) is 6.16 Å². The van der Waals surface area contributed by atoms with Crippen molar-refractivity contribution in [3.63, 3.8) is 0 Å². The van der Waals surface area contributed by atoms with E-state index in [0.717, 1.165) is 5.57 Å². The Morgan fingerprint density at radius 3 is 1.95 bits per heavy atom. The molecular weight excluding hydrogens is 349 g/mol. The summed E-state index contributed by atoms with van der Waals surface area (Å²) in [7, 11) is -12.7. The molecule has 0 aromatic heterocycles. The number of hydrogen-bond donors (Lipinski definition) is 7. The van der Waals surface area contributed by atoms with E-state index in [9.17, 15) is 18.6 Å². The minimum absolute atomic E-state index is 0. The van der Waals surface area contributed by atoms with Gasteiger partial charge in [0.05, 0.1) is 6.16 Å². The van der Waals surface area contributed by atoms with Gasteiger partial charge in [-0.2, -0.15) is 0 Å². The predicted molar refractivity (Wildman–Crippen MR) is 80.6 cm³/mol. The van der Waals surface area contributed by atoms with E-state index in [1.165, 1.54) is 0 Å². The van der Waals surface area contributed by atoms with Gasteiger partial charge in [0.2, 0.25) is 0 Å². The van der Waals surface area contributed by atoms with Gasteiger partial charge >= 0.3 is 23.7 Å². The first-order valence-corrected chi connectivity index (χ1v) is 8.79. The third kappa shape index (κ3) is 19.9. The van der Waals surface area contributed by atoms with Crippen LogP contribution in [0.4, 0.5) is 0 Å². The zero-order valence-corrected chi connectivity index (χ0v) is 14.6. The zero-order valence-electron chi connectivity index (χ0n) is 11.9. The minimum Gasteiger partial charge on any atom is -0.344 e. The van der Waals surface area contributed by atoms with Gasteiger partial charge in [-0.25, -0.2) is 8.88 Å². The second-order valence-electron chi connectivity index (χ2n) is 3.29. The smallest absolute Gasteiger partial charge is 0.344 e. The van der Waals surface area contributed by atoms with Crippen LogP contribution in [-0.4, -0.2) is 20.8 Å². The molecule has 0 heterocycles. The molecule has 0 aromatic carbocycles. The van der Waals surface area contributed by atoms with E-state index < -0.39 is 23.7 Å². The van der Waals surface area contributed by atoms with Crippen LogP contribution in [-0.2, 0) is 22.3 Å². The molecule has 15 heteroatoms. The summed E-state index contributed by atoms with van der Waals surface area (Å²) >= 11 is 0. The molecule has 0 aliphatic heterocycles. The summed E-state index contributed by atoms with van der Waals surface area (Å²) < 4.78 is 39.9. The highest BCUT2D eigenvalue weighted by Crippen LogP contribution is 2.63. The van der Waals surface area contributed by atoms with Crippen LogP contribution in [0.1, 0.15) is 19.8 Å². The van der Waals surface area contributed by atoms with Gasteiger partial charge in [-0.15, -0.1) is 11.5 Å². The predicted octanol–water partition coefficient (Wildman–Crippen LogP) is 2.96. The second kappa shape index (κ2) is 13.6. The highest BCUT2D eigenvalue weighted by Gasteiger charge is 2.41. The Labute approximate surface area is 124 Å². The third-order valence-electron chi connectivity index (χ3n) is 1.45. The van der Waals surface area contributed by atoms with Crippen LogP contribution in [0.2, 0.25) is 0 Å². The van der Waals surface area contributed by atoms with Gasteiger partial charge in [0, 0.05) is 4.57 Å². The lowest BCUT2D eigenvalue weighted by Crippen LogP contribution is -1.95. The minimum atomic E-state index is -5.00. The maximum Gasteiger partial charge on any atom is 0.705 e. The Balaban J connectivity index is -0.000000213. The van der Waals surface area contributed by atoms with Crippen molar-refractivity contribution in [1.29, 1.82) is 0 Å². The van der Waals surface area contributed by atoms with Crippen molar-refractivity contribution in [1.82, 2.24) is 24.6 Å². The monoisotopic (exact) mass is 375 g/mol. The van der Waals surface area contributed by atoms with Crippen molar-refractivity contribution >= 4 is 23.7 Å². The summed E-state index contributed by atoms with van der Waals surface area (Å²) in [5, 5.41) is 0. The highest BCUT2D eigenvalue weighted by molar-refractivity contribution is 7.66. The van der Waals surface area contributed by atoms with Gasteiger partial charge < -0.3 is 29.5 Å². The Hall–Kier alpha value is -0.0600. The van der Waals surface area contributed by atoms with Crippen LogP contribution in [0, 0.1) is 0 Å². The Morgan fingerprint density at radius 1 is 1.19 bits per heavy atom. The van der Waals surface area contributed by atoms with Crippen LogP contribution in [0.3, 0.4) is 0 Å². The molecule has 0 bridgehead atoms. The Kier molecular flexibility index (Phi) is 21.2. The third-order valence-corrected chi connectivity index (χ3v) is 5.56. The van der Waals surface area contributed by atoms with Crippen molar-refractivity contribution in [3.8, 4) is 0 Å². The van der Waals surface area contributed by atoms with Crippen molar-refractivity contribution in [3.05, 3.63) is 12.2 Å². The van der Waals surface area contributed by atoms with E-state index in [0.29, 0.717) is 6.42 Å². The zero-order chi connectivity index (χ0) is 13.7. The first kappa shape index (κ1) is 32.8. The topological polar surface area (TPSA) is 270 Å². The molecule has 0 aromatic rings. The largest absolute Gasteiger partial charge is 0.705 e. The maximum atomic E-state index is 11.3. The molecule has 12 nitrogen and oxygen atoms in total. The molecule has 0 radical (unpaired) electrons. The molecule has 0 aliphatic carbocycles. The van der Waals surface area contributed by atoms with Gasteiger partial charge in [-0.05, 0) is 24.1 Å². The van der Waals surface area contributed by atoms with Crippen molar-refractivity contribution < 1.29 is 37.0 Å². The number of rotatable bonds is 8. The van der Waals surface area contributed by atoms with Crippen LogP contribution < -0.4 is 24.6 Å². The van der Waals surface area contributed by atoms with Crippen LogP contribution in [0.5, 0.6) is 0 Å². The summed E-state index contributed by atoms with van der Waals surface area (Å²) in [5.41, 5.74) is 0.784. The fraction of sp³-hybridized carbons (Fsp3) is 0.667. The average Bonchev–Trinajstić information content (AvgIpc) is 1.95. The summed E-state index contributed by atoms with van der Waals surface area (Å²) in [6.45, 7) is 5.30. The molecular formula is C6H26N4O8P3+. The standard InChI is InChI=1S/C6H13O8P3.4H3N/c1-6(2)4-3-5-16(9,10)14-17(11,12)13-15(7)8;;;;/h1,3-5H2,2H3,(H2-,7,8,9,10,11,12);4*1H3/p+1. The first-order valence-electron chi connectivity index (χ1n) is 4.40. The van der Waals surface area contributed by atoms with Crippen LogP contribution in [0.15, 0.2) is 12.2 Å². The second-order valence-corrected chi connectivity index (χ2v) is 7.73. The lowest BCUT2D eigenvalue weighted by Gasteiger charge is -2.11.